The Balaban J connectivity index is 4.01. The lowest BCUT2D eigenvalue weighted by atomic mass is 10.3. The molecule has 0 aromatic carbocycles. The van der Waals surface area contributed by atoms with Gasteiger partial charge in [0.25, 0.3) is 0 Å². The van der Waals surface area contributed by atoms with E-state index in [2.05, 4.69) is 25.3 Å². The Labute approximate surface area is 87.5 Å². The third-order valence-corrected chi connectivity index (χ3v) is 2.51. The number of rotatable bonds is 5. The van der Waals surface area contributed by atoms with Crippen molar-refractivity contribution in [3.05, 3.63) is 0 Å². The number of carboxylic acids is 1. The highest BCUT2D eigenvalue weighted by atomic mass is 32.1. The van der Waals surface area contributed by atoms with Gasteiger partial charge in [0.05, 0.1) is 6.61 Å². The molecule has 2 unspecified atom stereocenters. The van der Waals surface area contributed by atoms with Crippen molar-refractivity contribution in [1.29, 1.82) is 0 Å². The zero-order valence-corrected chi connectivity index (χ0v) is 8.92. The Bertz CT molecular complexity index is 195. The van der Waals surface area contributed by atoms with E-state index in [0.717, 1.165) is 0 Å². The average molecular weight is 224 g/mol. The van der Waals surface area contributed by atoms with E-state index < -0.39 is 22.4 Å². The van der Waals surface area contributed by atoms with Crippen LogP contribution in [0.5, 0.6) is 0 Å². The first kappa shape index (κ1) is 12.6. The summed E-state index contributed by atoms with van der Waals surface area (Å²) < 4.78 is 4.70. The molecule has 0 aliphatic rings. The van der Waals surface area contributed by atoms with Crippen LogP contribution >= 0.6 is 25.3 Å². The van der Waals surface area contributed by atoms with Crippen molar-refractivity contribution in [2.24, 2.45) is 0 Å². The first-order valence-corrected chi connectivity index (χ1v) is 4.79. The SMILES string of the molecule is CCCOC(=O)C(S)C(S)C(=O)O. The number of carboxylic acid groups (broad SMARTS) is 1. The molecular formula is C7H12O4S2. The van der Waals surface area contributed by atoms with Gasteiger partial charge < -0.3 is 9.84 Å². The van der Waals surface area contributed by atoms with E-state index in [9.17, 15) is 9.59 Å². The molecule has 6 heteroatoms. The average Bonchev–Trinajstić information content (AvgIpc) is 2.11. The van der Waals surface area contributed by atoms with Crippen LogP contribution in [0.3, 0.4) is 0 Å². The summed E-state index contributed by atoms with van der Waals surface area (Å²) in [6.45, 7) is 2.12. The molecule has 0 bridgehead atoms. The zero-order valence-electron chi connectivity index (χ0n) is 7.14. The molecule has 13 heavy (non-hydrogen) atoms. The van der Waals surface area contributed by atoms with Crippen molar-refractivity contribution < 1.29 is 19.4 Å². The summed E-state index contributed by atoms with van der Waals surface area (Å²) in [5.74, 6) is -1.83. The second-order valence-electron chi connectivity index (χ2n) is 2.40. The maximum absolute atomic E-state index is 11.0. The van der Waals surface area contributed by atoms with Crippen LogP contribution in [-0.4, -0.2) is 34.2 Å². The lowest BCUT2D eigenvalue weighted by Crippen LogP contribution is -2.33. The predicted octanol–water partition coefficient (Wildman–Crippen LogP) is 0.621. The van der Waals surface area contributed by atoms with Crippen LogP contribution in [0.1, 0.15) is 13.3 Å². The minimum atomic E-state index is -1.18. The molecule has 4 nitrogen and oxygen atoms in total. The van der Waals surface area contributed by atoms with Crippen molar-refractivity contribution >= 4 is 37.2 Å². The van der Waals surface area contributed by atoms with Gasteiger partial charge in [-0.2, -0.15) is 25.3 Å². The van der Waals surface area contributed by atoms with Crippen LogP contribution in [0.2, 0.25) is 0 Å². The molecule has 0 fully saturated rings. The summed E-state index contributed by atoms with van der Waals surface area (Å²) in [6, 6.07) is 0. The third kappa shape index (κ3) is 4.42. The first-order chi connectivity index (χ1) is 6.00. The first-order valence-electron chi connectivity index (χ1n) is 3.76. The highest BCUT2D eigenvalue weighted by Gasteiger charge is 2.28. The van der Waals surface area contributed by atoms with Crippen molar-refractivity contribution in [3.8, 4) is 0 Å². The van der Waals surface area contributed by atoms with E-state index in [-0.39, 0.29) is 6.61 Å². The maximum Gasteiger partial charge on any atom is 0.320 e. The van der Waals surface area contributed by atoms with Crippen LogP contribution in [0.25, 0.3) is 0 Å². The second kappa shape index (κ2) is 6.15. The minimum absolute atomic E-state index is 0.274. The second-order valence-corrected chi connectivity index (χ2v) is 3.51. The molecule has 0 amide bonds. The number of carbonyl (C=O) groups is 2. The molecule has 0 aromatic heterocycles. The molecule has 0 saturated carbocycles. The van der Waals surface area contributed by atoms with Gasteiger partial charge in [-0.15, -0.1) is 0 Å². The molecule has 0 spiro atoms. The van der Waals surface area contributed by atoms with Crippen molar-refractivity contribution in [1.82, 2.24) is 0 Å². The van der Waals surface area contributed by atoms with Crippen molar-refractivity contribution in [3.63, 3.8) is 0 Å². The van der Waals surface area contributed by atoms with E-state index in [1.807, 2.05) is 6.92 Å². The molecule has 2 atom stereocenters. The van der Waals surface area contributed by atoms with E-state index >= 15 is 0 Å². The Morgan fingerprint density at radius 1 is 1.38 bits per heavy atom. The van der Waals surface area contributed by atoms with E-state index in [0.29, 0.717) is 6.42 Å². The number of ether oxygens (including phenoxy) is 1. The van der Waals surface area contributed by atoms with Crippen LogP contribution < -0.4 is 0 Å². The third-order valence-electron chi connectivity index (χ3n) is 1.24. The van der Waals surface area contributed by atoms with E-state index in [1.54, 1.807) is 0 Å². The number of hydrogen-bond acceptors (Lipinski definition) is 5. The molecule has 0 aliphatic heterocycles. The van der Waals surface area contributed by atoms with Gasteiger partial charge in [-0.1, -0.05) is 6.92 Å². The predicted molar refractivity (Wildman–Crippen MR) is 54.4 cm³/mol. The number of hydrogen-bond donors (Lipinski definition) is 3. The van der Waals surface area contributed by atoms with E-state index in [4.69, 9.17) is 9.84 Å². The Kier molecular flexibility index (Phi) is 5.98. The molecule has 0 rings (SSSR count). The summed E-state index contributed by atoms with van der Waals surface area (Å²) in [6.07, 6.45) is 0.691. The fraction of sp³-hybridized carbons (Fsp3) is 0.714. The van der Waals surface area contributed by atoms with Gasteiger partial charge >= 0.3 is 11.9 Å². The fourth-order valence-electron chi connectivity index (χ4n) is 0.552. The van der Waals surface area contributed by atoms with E-state index in [1.165, 1.54) is 0 Å². The van der Waals surface area contributed by atoms with Gasteiger partial charge in [0.1, 0.15) is 10.5 Å². The number of aliphatic carboxylic acids is 1. The van der Waals surface area contributed by atoms with Gasteiger partial charge in [-0.25, -0.2) is 0 Å². The molecule has 0 heterocycles. The highest BCUT2D eigenvalue weighted by molar-refractivity contribution is 7.86. The number of carbonyl (C=O) groups excluding carboxylic acids is 1. The topological polar surface area (TPSA) is 63.6 Å². The highest BCUT2D eigenvalue weighted by Crippen LogP contribution is 2.11. The Hall–Kier alpha value is -0.360. The molecule has 0 aliphatic carbocycles. The molecule has 0 saturated heterocycles. The molecule has 0 radical (unpaired) electrons. The van der Waals surface area contributed by atoms with Gasteiger partial charge in [0, 0.05) is 0 Å². The Morgan fingerprint density at radius 3 is 2.31 bits per heavy atom. The van der Waals surface area contributed by atoms with Gasteiger partial charge in [0.15, 0.2) is 0 Å². The van der Waals surface area contributed by atoms with Gasteiger partial charge in [0.2, 0.25) is 0 Å². The molecule has 0 aromatic rings. The Morgan fingerprint density at radius 2 is 1.92 bits per heavy atom. The van der Waals surface area contributed by atoms with Crippen LogP contribution in [-0.2, 0) is 14.3 Å². The number of esters is 1. The molecule has 1 N–H and O–H groups in total. The fourth-order valence-corrected chi connectivity index (χ4v) is 0.876. The zero-order chi connectivity index (χ0) is 10.4. The molecule has 76 valence electrons. The summed E-state index contributed by atoms with van der Waals surface area (Å²) in [5.41, 5.74) is 0. The monoisotopic (exact) mass is 224 g/mol. The maximum atomic E-state index is 11.0. The summed E-state index contributed by atoms with van der Waals surface area (Å²) in [5, 5.41) is 6.34. The quantitative estimate of drug-likeness (QED) is 0.473. The van der Waals surface area contributed by atoms with Gasteiger partial charge in [-0.05, 0) is 6.42 Å². The lowest BCUT2D eigenvalue weighted by molar-refractivity contribution is -0.146. The van der Waals surface area contributed by atoms with Crippen molar-refractivity contribution in [2.75, 3.05) is 6.61 Å². The normalized spacial score (nSPS) is 14.7. The standard InChI is InChI=1S/C7H12O4S2/c1-2-3-11-7(10)5(13)4(12)6(8)9/h4-5,12-13H,2-3H2,1H3,(H,8,9). The summed E-state index contributed by atoms with van der Waals surface area (Å²) in [4.78, 5) is 21.4. The van der Waals surface area contributed by atoms with Gasteiger partial charge in [-0.3, -0.25) is 9.59 Å². The van der Waals surface area contributed by atoms with Crippen LogP contribution in [0, 0.1) is 0 Å². The lowest BCUT2D eigenvalue weighted by Gasteiger charge is -2.12. The van der Waals surface area contributed by atoms with Crippen molar-refractivity contribution in [2.45, 2.75) is 23.8 Å². The smallest absolute Gasteiger partial charge is 0.320 e. The summed E-state index contributed by atoms with van der Waals surface area (Å²) in [7, 11) is 0. The van der Waals surface area contributed by atoms with Crippen LogP contribution in [0.15, 0.2) is 0 Å². The molecular weight excluding hydrogens is 212 g/mol. The van der Waals surface area contributed by atoms with Crippen LogP contribution in [0.4, 0.5) is 0 Å². The minimum Gasteiger partial charge on any atom is -0.480 e. The number of thiol groups is 2. The summed E-state index contributed by atoms with van der Waals surface area (Å²) >= 11 is 7.50. The largest absolute Gasteiger partial charge is 0.480 e.